The smallest absolute Gasteiger partial charge is 0.326 e. The van der Waals surface area contributed by atoms with Gasteiger partial charge in [0.05, 0.1) is 25.0 Å². The van der Waals surface area contributed by atoms with E-state index in [0.717, 1.165) is 5.56 Å². The molecule has 0 heterocycles. The van der Waals surface area contributed by atoms with Crippen molar-refractivity contribution in [2.75, 3.05) is 13.2 Å². The van der Waals surface area contributed by atoms with Gasteiger partial charge in [-0.3, -0.25) is 14.4 Å². The maximum atomic E-state index is 12.7. The van der Waals surface area contributed by atoms with Gasteiger partial charge in [-0.25, -0.2) is 0 Å². The van der Waals surface area contributed by atoms with Gasteiger partial charge in [-0.05, 0) is 31.7 Å². The fourth-order valence-corrected chi connectivity index (χ4v) is 5.54. The Morgan fingerprint density at radius 3 is 2.29 bits per heavy atom. The van der Waals surface area contributed by atoms with Gasteiger partial charge in [-0.15, -0.1) is 0 Å². The second kappa shape index (κ2) is 6.58. The van der Waals surface area contributed by atoms with Crippen LogP contribution in [0.2, 0.25) is 0 Å². The van der Waals surface area contributed by atoms with Gasteiger partial charge in [0.15, 0.2) is 0 Å². The number of esters is 3. The number of rotatable bonds is 7. The Labute approximate surface area is 163 Å². The number of carbonyl (C=O) groups excluding carboxylic acids is 3. The molecule has 3 aliphatic carbocycles. The second-order valence-electron chi connectivity index (χ2n) is 7.85. The molecule has 3 saturated carbocycles. The minimum Gasteiger partial charge on any atom is -0.466 e. The van der Waals surface area contributed by atoms with E-state index in [1.54, 1.807) is 13.8 Å². The van der Waals surface area contributed by atoms with Gasteiger partial charge in [0, 0.05) is 11.3 Å². The van der Waals surface area contributed by atoms with Crippen molar-refractivity contribution in [3.8, 4) is 0 Å². The summed E-state index contributed by atoms with van der Waals surface area (Å²) >= 11 is 0. The minimum absolute atomic E-state index is 0.149. The summed E-state index contributed by atoms with van der Waals surface area (Å²) in [5.41, 5.74) is 5.45. The van der Waals surface area contributed by atoms with Crippen LogP contribution < -0.4 is 5.73 Å². The van der Waals surface area contributed by atoms with E-state index in [1.165, 1.54) is 0 Å². The van der Waals surface area contributed by atoms with Crippen LogP contribution in [0, 0.1) is 29.1 Å². The van der Waals surface area contributed by atoms with Gasteiger partial charge < -0.3 is 19.9 Å². The van der Waals surface area contributed by atoms with Crippen molar-refractivity contribution >= 4 is 17.9 Å². The molecule has 28 heavy (non-hydrogen) atoms. The number of carbonyl (C=O) groups is 3. The fraction of sp³-hybridized carbons (Fsp3) is 0.571. The molecule has 0 aliphatic heterocycles. The average molecular weight is 387 g/mol. The lowest BCUT2D eigenvalue weighted by Crippen LogP contribution is -2.52. The first-order valence-corrected chi connectivity index (χ1v) is 9.76. The number of ether oxygens (including phenoxy) is 3. The molecule has 7 nitrogen and oxygen atoms in total. The Morgan fingerprint density at radius 1 is 1.00 bits per heavy atom. The summed E-state index contributed by atoms with van der Waals surface area (Å²) in [6.45, 7) is 4.08. The molecule has 1 aromatic carbocycles. The van der Waals surface area contributed by atoms with E-state index in [9.17, 15) is 14.4 Å². The van der Waals surface area contributed by atoms with Crippen molar-refractivity contribution in [3.05, 3.63) is 35.9 Å². The van der Waals surface area contributed by atoms with E-state index in [-0.39, 0.29) is 31.7 Å². The van der Waals surface area contributed by atoms with Crippen LogP contribution in [0.5, 0.6) is 0 Å². The molecule has 3 fully saturated rings. The van der Waals surface area contributed by atoms with Gasteiger partial charge in [-0.2, -0.15) is 0 Å². The molecule has 6 atom stereocenters. The van der Waals surface area contributed by atoms with Crippen molar-refractivity contribution in [1.82, 2.24) is 0 Å². The third kappa shape index (κ3) is 2.49. The van der Waals surface area contributed by atoms with Crippen LogP contribution in [-0.2, 0) is 35.2 Å². The molecule has 0 bridgehead atoms. The molecule has 150 valence electrons. The number of hydrogen-bond donors (Lipinski definition) is 1. The highest BCUT2D eigenvalue weighted by Crippen LogP contribution is 2.90. The van der Waals surface area contributed by atoms with Gasteiger partial charge in [0.1, 0.15) is 12.1 Å². The molecule has 2 N–H and O–H groups in total. The molecule has 7 heteroatoms. The normalized spacial score (nSPS) is 36.7. The van der Waals surface area contributed by atoms with Gasteiger partial charge in [0.25, 0.3) is 0 Å². The molecule has 4 rings (SSSR count). The SMILES string of the molecule is CCOC(=O)[C@H]1[C@H]2[C@@]13C(C[C@@]2(N)C(=O)OCC)C3C(=O)OCc1ccccc1. The molecule has 1 aromatic rings. The summed E-state index contributed by atoms with van der Waals surface area (Å²) in [5, 5.41) is 0. The maximum absolute atomic E-state index is 12.7. The maximum Gasteiger partial charge on any atom is 0.326 e. The van der Waals surface area contributed by atoms with Crippen LogP contribution in [0.25, 0.3) is 0 Å². The molecule has 3 aliphatic rings. The van der Waals surface area contributed by atoms with Crippen molar-refractivity contribution < 1.29 is 28.6 Å². The lowest BCUT2D eigenvalue weighted by atomic mass is 9.88. The third-order valence-corrected chi connectivity index (χ3v) is 6.56. The Morgan fingerprint density at radius 2 is 1.64 bits per heavy atom. The van der Waals surface area contributed by atoms with Crippen molar-refractivity contribution in [3.63, 3.8) is 0 Å². The van der Waals surface area contributed by atoms with Gasteiger partial charge >= 0.3 is 17.9 Å². The van der Waals surface area contributed by atoms with Crippen molar-refractivity contribution in [2.45, 2.75) is 32.4 Å². The Kier molecular flexibility index (Phi) is 4.45. The molecule has 0 saturated heterocycles. The van der Waals surface area contributed by atoms with Gasteiger partial charge in [0.2, 0.25) is 0 Å². The lowest BCUT2D eigenvalue weighted by molar-refractivity contribution is -0.153. The zero-order valence-electron chi connectivity index (χ0n) is 16.1. The Balaban J connectivity index is 1.50. The molecule has 0 amide bonds. The van der Waals surface area contributed by atoms with Crippen LogP contribution in [-0.4, -0.2) is 36.7 Å². The highest BCUT2D eigenvalue weighted by atomic mass is 16.5. The summed E-state index contributed by atoms with van der Waals surface area (Å²) in [4.78, 5) is 37.7. The Hall–Kier alpha value is -2.41. The van der Waals surface area contributed by atoms with E-state index in [2.05, 4.69) is 0 Å². The second-order valence-corrected chi connectivity index (χ2v) is 7.85. The predicted octanol–water partition coefficient (Wildman–Crippen LogP) is 1.44. The summed E-state index contributed by atoms with van der Waals surface area (Å²) in [6.07, 6.45) is 0.331. The molecule has 0 aromatic heterocycles. The first-order valence-electron chi connectivity index (χ1n) is 9.76. The van der Waals surface area contributed by atoms with Gasteiger partial charge in [-0.1, -0.05) is 30.3 Å². The summed E-state index contributed by atoms with van der Waals surface area (Å²) in [7, 11) is 0. The molecule has 0 radical (unpaired) electrons. The van der Waals surface area contributed by atoms with E-state index in [4.69, 9.17) is 19.9 Å². The highest BCUT2D eigenvalue weighted by molar-refractivity contribution is 5.94. The van der Waals surface area contributed by atoms with Crippen molar-refractivity contribution in [2.24, 2.45) is 34.8 Å². The molecular weight excluding hydrogens is 362 g/mol. The molecule has 2 unspecified atom stereocenters. The molecular formula is C21H25NO6. The predicted molar refractivity (Wildman–Crippen MR) is 97.4 cm³/mol. The molecule has 1 spiro atoms. The van der Waals surface area contributed by atoms with E-state index < -0.39 is 40.6 Å². The number of hydrogen-bond acceptors (Lipinski definition) is 7. The summed E-state index contributed by atoms with van der Waals surface area (Å²) < 4.78 is 15.8. The minimum atomic E-state index is -1.24. The Bertz CT molecular complexity index is 810. The number of nitrogens with two attached hydrogens (primary N) is 1. The lowest BCUT2D eigenvalue weighted by Gasteiger charge is -2.26. The van der Waals surface area contributed by atoms with Crippen LogP contribution in [0.15, 0.2) is 30.3 Å². The van der Waals surface area contributed by atoms with Crippen LogP contribution in [0.1, 0.15) is 25.8 Å². The van der Waals surface area contributed by atoms with E-state index in [0.29, 0.717) is 6.42 Å². The highest BCUT2D eigenvalue weighted by Gasteiger charge is 2.97. The topological polar surface area (TPSA) is 105 Å². The summed E-state index contributed by atoms with van der Waals surface area (Å²) in [6, 6.07) is 9.41. The number of benzene rings is 1. The zero-order chi connectivity index (χ0) is 20.1. The first kappa shape index (κ1) is 18.9. The average Bonchev–Trinajstić information content (AvgIpc) is 3.52. The standard InChI is InChI=1S/C21H25NO6/c1-3-26-18(24)15-16-20(22,19(25)27-4-2)10-13-14(21(13,15)16)17(23)28-11-12-8-6-5-7-9-12/h5-9,13-16H,3-4,10-11,22H2,1-2H3/t13?,14?,15-,16-,20+,21-/m1/s1. The monoisotopic (exact) mass is 387 g/mol. The van der Waals surface area contributed by atoms with Crippen molar-refractivity contribution in [1.29, 1.82) is 0 Å². The van der Waals surface area contributed by atoms with Crippen LogP contribution in [0.4, 0.5) is 0 Å². The zero-order valence-corrected chi connectivity index (χ0v) is 16.1. The fourth-order valence-electron chi connectivity index (χ4n) is 5.54. The largest absolute Gasteiger partial charge is 0.466 e. The quantitative estimate of drug-likeness (QED) is 0.557. The first-order chi connectivity index (χ1) is 13.4. The third-order valence-electron chi connectivity index (χ3n) is 6.56. The van der Waals surface area contributed by atoms with E-state index >= 15 is 0 Å². The van der Waals surface area contributed by atoms with E-state index in [1.807, 2.05) is 30.3 Å². The van der Waals surface area contributed by atoms with Crippen LogP contribution >= 0.6 is 0 Å². The summed E-state index contributed by atoms with van der Waals surface area (Å²) in [5.74, 6) is -2.78. The van der Waals surface area contributed by atoms with Crippen LogP contribution in [0.3, 0.4) is 0 Å².